The second kappa shape index (κ2) is 9.10. The molecule has 9 rings (SSSR count). The van der Waals surface area contributed by atoms with Crippen LogP contribution in [0.25, 0.3) is 81.2 Å². The molecule has 0 unspecified atom stereocenters. The molecule has 0 aliphatic carbocycles. The normalized spacial score (nSPS) is 11.8. The molecule has 3 nitrogen and oxygen atoms in total. The third-order valence-corrected chi connectivity index (χ3v) is 9.34. The van der Waals surface area contributed by atoms with Crippen molar-refractivity contribution in [3.8, 4) is 28.5 Å². The molecule has 0 radical (unpaired) electrons. The van der Waals surface area contributed by atoms with Crippen LogP contribution in [0.1, 0.15) is 0 Å². The Morgan fingerprint density at radius 2 is 1.14 bits per heavy atom. The highest BCUT2D eigenvalue weighted by Gasteiger charge is 2.21. The van der Waals surface area contributed by atoms with Crippen molar-refractivity contribution in [1.82, 2.24) is 14.5 Å². The van der Waals surface area contributed by atoms with Gasteiger partial charge in [0.2, 0.25) is 0 Å². The quantitative estimate of drug-likeness (QED) is 0.218. The molecule has 0 N–H and O–H groups in total. The maximum absolute atomic E-state index is 5.24. The predicted octanol–water partition coefficient (Wildman–Crippen LogP) is 10.4. The Balaban J connectivity index is 1.47. The van der Waals surface area contributed by atoms with Gasteiger partial charge in [0.15, 0.2) is 5.82 Å². The van der Waals surface area contributed by atoms with E-state index < -0.39 is 0 Å². The van der Waals surface area contributed by atoms with Crippen molar-refractivity contribution in [2.45, 2.75) is 0 Å². The van der Waals surface area contributed by atoms with Crippen LogP contribution in [0.5, 0.6) is 0 Å². The third kappa shape index (κ3) is 3.46. The molecule has 3 heterocycles. The minimum atomic E-state index is 0.713. The van der Waals surface area contributed by atoms with Crippen molar-refractivity contribution in [1.29, 1.82) is 0 Å². The average Bonchev–Trinajstić information content (AvgIpc) is 3.61. The Labute approximate surface area is 246 Å². The molecule has 0 aliphatic rings. The number of hydrogen-bond donors (Lipinski definition) is 0. The Kier molecular flexibility index (Phi) is 5.07. The van der Waals surface area contributed by atoms with Crippen LogP contribution in [0, 0.1) is 0 Å². The molecule has 0 aliphatic heterocycles. The van der Waals surface area contributed by atoms with Gasteiger partial charge in [-0.1, -0.05) is 109 Å². The van der Waals surface area contributed by atoms with E-state index in [9.17, 15) is 0 Å². The maximum atomic E-state index is 5.24. The molecule has 9 aromatic rings. The lowest BCUT2D eigenvalue weighted by atomic mass is 10.0. The predicted molar refractivity (Wildman–Crippen MR) is 178 cm³/mol. The van der Waals surface area contributed by atoms with Crippen molar-refractivity contribution < 1.29 is 0 Å². The summed E-state index contributed by atoms with van der Waals surface area (Å²) < 4.78 is 4.94. The van der Waals surface area contributed by atoms with Gasteiger partial charge in [-0.3, -0.25) is 4.57 Å². The smallest absolute Gasteiger partial charge is 0.162 e. The Morgan fingerprint density at radius 3 is 1.98 bits per heavy atom. The standard InChI is InChI=1S/C38H23N3S/c1-3-12-25(13-4-1)29-23-34(40-38(39-29)26-14-5-2-6-15-26)41-30-20-19-24-11-7-8-16-27(24)35(30)37-31(41)21-22-33-36(37)28-17-9-10-18-32(28)42-33/h1-23H. The lowest BCUT2D eigenvalue weighted by Gasteiger charge is -2.12. The summed E-state index contributed by atoms with van der Waals surface area (Å²) >= 11 is 1.86. The topological polar surface area (TPSA) is 30.7 Å². The maximum Gasteiger partial charge on any atom is 0.162 e. The largest absolute Gasteiger partial charge is 0.294 e. The highest BCUT2D eigenvalue weighted by molar-refractivity contribution is 7.26. The van der Waals surface area contributed by atoms with Gasteiger partial charge in [0, 0.05) is 48.1 Å². The molecule has 4 heteroatoms. The Bertz CT molecular complexity index is 2400. The van der Waals surface area contributed by atoms with Crippen LogP contribution >= 0.6 is 11.3 Å². The van der Waals surface area contributed by atoms with Crippen molar-refractivity contribution in [2.75, 3.05) is 0 Å². The lowest BCUT2D eigenvalue weighted by Crippen LogP contribution is -2.02. The molecule has 0 fully saturated rings. The summed E-state index contributed by atoms with van der Waals surface area (Å²) in [5.41, 5.74) is 5.25. The van der Waals surface area contributed by atoms with E-state index in [1.54, 1.807) is 0 Å². The molecule has 6 aromatic carbocycles. The molecule has 0 saturated carbocycles. The van der Waals surface area contributed by atoms with Crippen LogP contribution in [0.4, 0.5) is 0 Å². The third-order valence-electron chi connectivity index (χ3n) is 8.20. The van der Waals surface area contributed by atoms with Gasteiger partial charge in [0.1, 0.15) is 5.82 Å². The summed E-state index contributed by atoms with van der Waals surface area (Å²) in [4.78, 5) is 10.3. The highest BCUT2D eigenvalue weighted by Crippen LogP contribution is 2.45. The van der Waals surface area contributed by atoms with E-state index in [2.05, 4.69) is 120 Å². The number of benzene rings is 6. The number of fused-ring (bicyclic) bond motifs is 9. The minimum Gasteiger partial charge on any atom is -0.294 e. The highest BCUT2D eigenvalue weighted by atomic mass is 32.1. The van der Waals surface area contributed by atoms with E-state index >= 15 is 0 Å². The fourth-order valence-corrected chi connectivity index (χ4v) is 7.47. The zero-order valence-electron chi connectivity index (χ0n) is 22.5. The second-order valence-corrected chi connectivity index (χ2v) is 11.7. The number of rotatable bonds is 3. The van der Waals surface area contributed by atoms with Crippen LogP contribution in [0.2, 0.25) is 0 Å². The summed E-state index contributed by atoms with van der Waals surface area (Å²) in [5.74, 6) is 1.57. The van der Waals surface area contributed by atoms with Crippen LogP contribution in [-0.2, 0) is 0 Å². The van der Waals surface area contributed by atoms with E-state index in [1.807, 2.05) is 35.6 Å². The molecule has 0 atom stereocenters. The molecule has 0 amide bonds. The summed E-state index contributed by atoms with van der Waals surface area (Å²) in [6, 6.07) is 49.3. The van der Waals surface area contributed by atoms with Gasteiger partial charge in [-0.15, -0.1) is 11.3 Å². The molecule has 0 bridgehead atoms. The molecule has 0 spiro atoms. The van der Waals surface area contributed by atoms with Crippen LogP contribution < -0.4 is 0 Å². The van der Waals surface area contributed by atoms with Crippen molar-refractivity contribution in [2.24, 2.45) is 0 Å². The van der Waals surface area contributed by atoms with Gasteiger partial charge in [0.25, 0.3) is 0 Å². The molecule has 0 saturated heterocycles. The van der Waals surface area contributed by atoms with Crippen LogP contribution in [0.15, 0.2) is 140 Å². The summed E-state index contributed by atoms with van der Waals surface area (Å²) in [6.45, 7) is 0. The molecule has 42 heavy (non-hydrogen) atoms. The zero-order valence-corrected chi connectivity index (χ0v) is 23.3. The average molecular weight is 554 g/mol. The van der Waals surface area contributed by atoms with Crippen molar-refractivity contribution in [3.63, 3.8) is 0 Å². The van der Waals surface area contributed by atoms with E-state index in [4.69, 9.17) is 9.97 Å². The van der Waals surface area contributed by atoms with Gasteiger partial charge >= 0.3 is 0 Å². The molecule has 3 aromatic heterocycles. The second-order valence-electron chi connectivity index (χ2n) is 10.6. The van der Waals surface area contributed by atoms with Crippen LogP contribution in [0.3, 0.4) is 0 Å². The monoisotopic (exact) mass is 553 g/mol. The van der Waals surface area contributed by atoms with Gasteiger partial charge in [-0.2, -0.15) is 0 Å². The summed E-state index contributed by atoms with van der Waals surface area (Å²) in [7, 11) is 0. The number of thiophene rings is 1. The van der Waals surface area contributed by atoms with E-state index in [0.717, 1.165) is 33.7 Å². The van der Waals surface area contributed by atoms with Crippen molar-refractivity contribution in [3.05, 3.63) is 140 Å². The van der Waals surface area contributed by atoms with Gasteiger partial charge < -0.3 is 0 Å². The van der Waals surface area contributed by atoms with Crippen molar-refractivity contribution >= 4 is 64.1 Å². The number of nitrogens with zero attached hydrogens (tertiary/aromatic N) is 3. The Morgan fingerprint density at radius 1 is 0.476 bits per heavy atom. The first-order chi connectivity index (χ1) is 20.8. The van der Waals surface area contributed by atoms with Crippen LogP contribution in [-0.4, -0.2) is 14.5 Å². The SMILES string of the molecule is c1ccc(-c2cc(-n3c4ccc5ccccc5c4c4c5c(ccc43)sc3ccccc35)nc(-c3ccccc3)n2)cc1. The van der Waals surface area contributed by atoms with Gasteiger partial charge in [-0.25, -0.2) is 9.97 Å². The molecule has 196 valence electrons. The van der Waals surface area contributed by atoms with Gasteiger partial charge in [-0.05, 0) is 35.0 Å². The lowest BCUT2D eigenvalue weighted by molar-refractivity contribution is 1.05. The van der Waals surface area contributed by atoms with E-state index in [0.29, 0.717) is 5.82 Å². The first kappa shape index (κ1) is 23.4. The van der Waals surface area contributed by atoms with E-state index in [-0.39, 0.29) is 0 Å². The first-order valence-corrected chi connectivity index (χ1v) is 14.9. The number of hydrogen-bond acceptors (Lipinski definition) is 3. The molecular weight excluding hydrogens is 531 g/mol. The Hall–Kier alpha value is -5.32. The summed E-state index contributed by atoms with van der Waals surface area (Å²) in [5, 5.41) is 7.64. The van der Waals surface area contributed by atoms with E-state index in [1.165, 1.54) is 41.7 Å². The molecular formula is C38H23N3S. The van der Waals surface area contributed by atoms with Gasteiger partial charge in [0.05, 0.1) is 16.7 Å². The first-order valence-electron chi connectivity index (χ1n) is 14.1. The zero-order chi connectivity index (χ0) is 27.6. The summed E-state index contributed by atoms with van der Waals surface area (Å²) in [6.07, 6.45) is 0. The fourth-order valence-electron chi connectivity index (χ4n) is 6.35. The number of aromatic nitrogens is 3. The fraction of sp³-hybridized carbons (Fsp3) is 0. The minimum absolute atomic E-state index is 0.713.